The van der Waals surface area contributed by atoms with Gasteiger partial charge in [0.15, 0.2) is 0 Å². The minimum absolute atomic E-state index is 0.00614. The number of benzene rings is 1. The van der Waals surface area contributed by atoms with Crippen molar-refractivity contribution in [2.24, 2.45) is 5.92 Å². The lowest BCUT2D eigenvalue weighted by molar-refractivity contribution is -0.122. The van der Waals surface area contributed by atoms with Crippen molar-refractivity contribution in [2.45, 2.75) is 52.0 Å². The van der Waals surface area contributed by atoms with Crippen LogP contribution in [0.2, 0.25) is 0 Å². The molecule has 0 bridgehead atoms. The first-order chi connectivity index (χ1) is 10.6. The van der Waals surface area contributed by atoms with Crippen LogP contribution in [-0.4, -0.2) is 18.4 Å². The number of unbranched alkanes of at least 4 members (excludes halogenated alkanes) is 2. The molecule has 2 N–H and O–H groups in total. The van der Waals surface area contributed by atoms with E-state index in [-0.39, 0.29) is 17.9 Å². The van der Waals surface area contributed by atoms with Gasteiger partial charge in [0.25, 0.3) is 0 Å². The first-order valence-electron chi connectivity index (χ1n) is 8.19. The first kappa shape index (κ1) is 16.5. The third-order valence-electron chi connectivity index (χ3n) is 4.27. The molecule has 4 nitrogen and oxygen atoms in total. The lowest BCUT2D eigenvalue weighted by Crippen LogP contribution is -2.30. The van der Waals surface area contributed by atoms with Crippen LogP contribution in [0.5, 0.6) is 0 Å². The van der Waals surface area contributed by atoms with Crippen LogP contribution >= 0.6 is 0 Å². The molecule has 0 radical (unpaired) electrons. The van der Waals surface area contributed by atoms with E-state index in [9.17, 15) is 9.59 Å². The Labute approximate surface area is 132 Å². The largest absolute Gasteiger partial charge is 0.356 e. The number of amides is 2. The second-order valence-electron chi connectivity index (χ2n) is 6.22. The molecule has 0 aliphatic heterocycles. The molecule has 0 spiro atoms. The van der Waals surface area contributed by atoms with Gasteiger partial charge in [0.1, 0.15) is 0 Å². The summed E-state index contributed by atoms with van der Waals surface area (Å²) in [5.74, 6) is 0.598. The maximum atomic E-state index is 12.1. The molecule has 0 aromatic heterocycles. The molecule has 1 aliphatic rings. The van der Waals surface area contributed by atoms with Crippen molar-refractivity contribution >= 4 is 11.8 Å². The van der Waals surface area contributed by atoms with E-state index in [2.05, 4.69) is 35.8 Å². The van der Waals surface area contributed by atoms with E-state index in [4.69, 9.17) is 0 Å². The summed E-state index contributed by atoms with van der Waals surface area (Å²) in [5, 5.41) is 5.95. The van der Waals surface area contributed by atoms with Crippen molar-refractivity contribution in [2.75, 3.05) is 6.54 Å². The van der Waals surface area contributed by atoms with Crippen LogP contribution in [0.3, 0.4) is 0 Å². The van der Waals surface area contributed by atoms with Gasteiger partial charge >= 0.3 is 0 Å². The van der Waals surface area contributed by atoms with Gasteiger partial charge in [-0.1, -0.05) is 37.6 Å². The lowest BCUT2D eigenvalue weighted by atomic mass is 10.0. The second-order valence-corrected chi connectivity index (χ2v) is 6.22. The van der Waals surface area contributed by atoms with E-state index in [1.807, 2.05) is 6.07 Å². The van der Waals surface area contributed by atoms with Crippen LogP contribution in [0.1, 0.15) is 56.7 Å². The molecule has 22 heavy (non-hydrogen) atoms. The highest BCUT2D eigenvalue weighted by atomic mass is 16.2. The molecule has 1 aliphatic carbocycles. The van der Waals surface area contributed by atoms with Crippen LogP contribution in [-0.2, 0) is 16.0 Å². The number of rotatable bonds is 7. The van der Waals surface area contributed by atoms with Gasteiger partial charge in [-0.2, -0.15) is 0 Å². The number of fused-ring (bicyclic) bond motifs is 1. The average Bonchev–Trinajstić information content (AvgIpc) is 2.79. The van der Waals surface area contributed by atoms with Crippen molar-refractivity contribution in [3.05, 3.63) is 35.4 Å². The summed E-state index contributed by atoms with van der Waals surface area (Å²) >= 11 is 0. The van der Waals surface area contributed by atoms with Crippen LogP contribution in [0, 0.1) is 5.92 Å². The van der Waals surface area contributed by atoms with E-state index >= 15 is 0 Å². The normalized spacial score (nSPS) is 19.5. The maximum absolute atomic E-state index is 12.1. The zero-order chi connectivity index (χ0) is 15.9. The Kier molecular flexibility index (Phi) is 5.99. The summed E-state index contributed by atoms with van der Waals surface area (Å²) in [6.07, 6.45) is 4.36. The summed E-state index contributed by atoms with van der Waals surface area (Å²) in [5.41, 5.74) is 2.63. The molecule has 4 heteroatoms. The van der Waals surface area contributed by atoms with Crippen LogP contribution in [0.15, 0.2) is 24.3 Å². The van der Waals surface area contributed by atoms with Gasteiger partial charge in [-0.05, 0) is 36.3 Å². The van der Waals surface area contributed by atoms with Gasteiger partial charge in [0, 0.05) is 19.9 Å². The molecule has 0 heterocycles. The average molecular weight is 302 g/mol. The van der Waals surface area contributed by atoms with Crippen molar-refractivity contribution in [1.29, 1.82) is 0 Å². The molecule has 2 rings (SSSR count). The van der Waals surface area contributed by atoms with Gasteiger partial charge in [0.05, 0.1) is 6.04 Å². The smallest absolute Gasteiger partial charge is 0.220 e. The monoisotopic (exact) mass is 302 g/mol. The summed E-state index contributed by atoms with van der Waals surface area (Å²) in [7, 11) is 0. The zero-order valence-corrected chi connectivity index (χ0v) is 13.5. The molecule has 0 saturated heterocycles. The zero-order valence-electron chi connectivity index (χ0n) is 13.5. The third kappa shape index (κ3) is 4.58. The Morgan fingerprint density at radius 2 is 1.95 bits per heavy atom. The Balaban J connectivity index is 1.70. The van der Waals surface area contributed by atoms with E-state index in [1.165, 1.54) is 18.1 Å². The molecule has 1 aromatic rings. The van der Waals surface area contributed by atoms with Crippen molar-refractivity contribution < 1.29 is 9.59 Å². The molecule has 2 atom stereocenters. The van der Waals surface area contributed by atoms with Crippen LogP contribution in [0.4, 0.5) is 0 Å². The Hall–Kier alpha value is -1.84. The fraction of sp³-hybridized carbons (Fsp3) is 0.556. The molecule has 0 fully saturated rings. The van der Waals surface area contributed by atoms with Crippen molar-refractivity contribution in [3.8, 4) is 0 Å². The van der Waals surface area contributed by atoms with Crippen LogP contribution in [0.25, 0.3) is 0 Å². The minimum Gasteiger partial charge on any atom is -0.356 e. The number of nitrogens with one attached hydrogen (secondary N) is 2. The lowest BCUT2D eigenvalue weighted by Gasteiger charge is -2.18. The SMILES string of the molecule is CC(=O)NCCCCCC(=O)NC1c2ccccc2CC1C. The van der Waals surface area contributed by atoms with Crippen molar-refractivity contribution in [1.82, 2.24) is 10.6 Å². The quantitative estimate of drug-likeness (QED) is 0.761. The number of carbonyl (C=O) groups is 2. The van der Waals surface area contributed by atoms with Gasteiger partial charge in [-0.25, -0.2) is 0 Å². The molecule has 120 valence electrons. The Bertz CT molecular complexity index is 528. The number of carbonyl (C=O) groups excluding carboxylic acids is 2. The summed E-state index contributed by atoms with van der Waals surface area (Å²) in [4.78, 5) is 22.8. The van der Waals surface area contributed by atoms with E-state index in [0.717, 1.165) is 25.7 Å². The predicted molar refractivity (Wildman–Crippen MR) is 87.3 cm³/mol. The van der Waals surface area contributed by atoms with Crippen molar-refractivity contribution in [3.63, 3.8) is 0 Å². The number of hydrogen-bond acceptors (Lipinski definition) is 2. The summed E-state index contributed by atoms with van der Waals surface area (Å²) < 4.78 is 0. The Morgan fingerprint density at radius 3 is 2.73 bits per heavy atom. The Morgan fingerprint density at radius 1 is 1.18 bits per heavy atom. The highest BCUT2D eigenvalue weighted by Gasteiger charge is 2.29. The van der Waals surface area contributed by atoms with Gasteiger partial charge in [-0.3, -0.25) is 9.59 Å². The van der Waals surface area contributed by atoms with Gasteiger partial charge in [0.2, 0.25) is 11.8 Å². The molecular weight excluding hydrogens is 276 g/mol. The minimum atomic E-state index is 0.00614. The fourth-order valence-electron chi connectivity index (χ4n) is 3.11. The summed E-state index contributed by atoms with van der Waals surface area (Å²) in [6, 6.07) is 8.53. The second kappa shape index (κ2) is 7.97. The highest BCUT2D eigenvalue weighted by molar-refractivity contribution is 5.76. The number of hydrogen-bond donors (Lipinski definition) is 2. The summed E-state index contributed by atoms with van der Waals surface area (Å²) in [6.45, 7) is 4.41. The van der Waals surface area contributed by atoms with E-state index in [0.29, 0.717) is 18.9 Å². The van der Waals surface area contributed by atoms with E-state index < -0.39 is 0 Å². The molecular formula is C18H26N2O2. The van der Waals surface area contributed by atoms with Gasteiger partial charge in [-0.15, -0.1) is 0 Å². The topological polar surface area (TPSA) is 58.2 Å². The highest BCUT2D eigenvalue weighted by Crippen LogP contribution is 2.35. The maximum Gasteiger partial charge on any atom is 0.220 e. The van der Waals surface area contributed by atoms with Gasteiger partial charge < -0.3 is 10.6 Å². The van der Waals surface area contributed by atoms with E-state index in [1.54, 1.807) is 0 Å². The third-order valence-corrected chi connectivity index (χ3v) is 4.27. The molecule has 0 saturated carbocycles. The molecule has 1 aromatic carbocycles. The van der Waals surface area contributed by atoms with Crippen LogP contribution < -0.4 is 10.6 Å². The standard InChI is InChI=1S/C18H26N2O2/c1-13-12-15-8-5-6-9-16(15)18(13)20-17(22)10-4-3-7-11-19-14(2)21/h5-6,8-9,13,18H,3-4,7,10-12H2,1-2H3,(H,19,21)(H,20,22). The fourth-order valence-corrected chi connectivity index (χ4v) is 3.11. The first-order valence-corrected chi connectivity index (χ1v) is 8.19. The molecule has 2 amide bonds. The predicted octanol–water partition coefficient (Wildman–Crippen LogP) is 2.73. The molecule has 2 unspecified atom stereocenters.